The highest BCUT2D eigenvalue weighted by Crippen LogP contribution is 2.11. The van der Waals surface area contributed by atoms with Gasteiger partial charge in [-0.1, -0.05) is 17.7 Å². The van der Waals surface area contributed by atoms with E-state index in [-0.39, 0.29) is 5.56 Å². The Kier molecular flexibility index (Phi) is 5.40. The zero-order chi connectivity index (χ0) is 15.1. The van der Waals surface area contributed by atoms with Gasteiger partial charge in [0.2, 0.25) is 0 Å². The van der Waals surface area contributed by atoms with Crippen molar-refractivity contribution < 1.29 is 9.47 Å². The third kappa shape index (κ3) is 4.36. The fraction of sp³-hybridized carbons (Fsp3) is 0.312. The number of aryl methyl sites for hydroxylation is 1. The Morgan fingerprint density at radius 1 is 1.10 bits per heavy atom. The van der Waals surface area contributed by atoms with Crippen LogP contribution < -0.4 is 20.8 Å². The van der Waals surface area contributed by atoms with Crippen LogP contribution in [0.15, 0.2) is 47.4 Å². The van der Waals surface area contributed by atoms with Crippen LogP contribution in [-0.2, 0) is 6.54 Å². The Morgan fingerprint density at radius 2 is 1.81 bits per heavy atom. The van der Waals surface area contributed by atoms with Gasteiger partial charge in [-0.05, 0) is 31.2 Å². The first kappa shape index (κ1) is 15.1. The molecule has 112 valence electrons. The molecule has 0 aliphatic heterocycles. The van der Waals surface area contributed by atoms with Crippen molar-refractivity contribution in [2.75, 3.05) is 19.8 Å². The molecule has 0 atom stereocenters. The average Bonchev–Trinajstić information content (AvgIpc) is 2.49. The fourth-order valence-electron chi connectivity index (χ4n) is 1.89. The Hall–Kier alpha value is -2.27. The lowest BCUT2D eigenvalue weighted by atomic mass is 10.2. The van der Waals surface area contributed by atoms with Crippen molar-refractivity contribution in [3.05, 3.63) is 58.5 Å². The second-order valence-corrected chi connectivity index (χ2v) is 4.67. The predicted octanol–water partition coefficient (Wildman–Crippen LogP) is 1.57. The molecular formula is C16H20N2O3. The van der Waals surface area contributed by atoms with Gasteiger partial charge < -0.3 is 19.8 Å². The number of hydrogen-bond donors (Lipinski definition) is 1. The first-order valence-corrected chi connectivity index (χ1v) is 6.92. The van der Waals surface area contributed by atoms with Gasteiger partial charge >= 0.3 is 0 Å². The van der Waals surface area contributed by atoms with E-state index < -0.39 is 0 Å². The summed E-state index contributed by atoms with van der Waals surface area (Å²) in [7, 11) is 0. The van der Waals surface area contributed by atoms with E-state index in [4.69, 9.17) is 15.2 Å². The number of aromatic nitrogens is 1. The third-order valence-electron chi connectivity index (χ3n) is 2.99. The third-order valence-corrected chi connectivity index (χ3v) is 2.99. The first-order valence-electron chi connectivity index (χ1n) is 6.92. The lowest BCUT2D eigenvalue weighted by Gasteiger charge is -2.10. The lowest BCUT2D eigenvalue weighted by Crippen LogP contribution is -2.25. The minimum Gasteiger partial charge on any atom is -0.490 e. The van der Waals surface area contributed by atoms with Gasteiger partial charge in [-0.2, -0.15) is 0 Å². The lowest BCUT2D eigenvalue weighted by molar-refractivity contribution is 0.214. The van der Waals surface area contributed by atoms with E-state index in [9.17, 15) is 4.79 Å². The van der Waals surface area contributed by atoms with E-state index in [1.54, 1.807) is 18.3 Å². The summed E-state index contributed by atoms with van der Waals surface area (Å²) in [5, 5.41) is 0. The summed E-state index contributed by atoms with van der Waals surface area (Å²) in [5.41, 5.74) is 6.47. The highest BCUT2D eigenvalue weighted by molar-refractivity contribution is 5.26. The maximum atomic E-state index is 12.0. The van der Waals surface area contributed by atoms with Crippen LogP contribution >= 0.6 is 0 Å². The molecule has 2 aromatic rings. The molecule has 0 aliphatic carbocycles. The Balaban J connectivity index is 1.85. The molecule has 2 rings (SSSR count). The number of ether oxygens (including phenoxy) is 2. The molecule has 1 aromatic carbocycles. The smallest absolute Gasteiger partial charge is 0.292 e. The van der Waals surface area contributed by atoms with Crippen molar-refractivity contribution >= 4 is 0 Å². The van der Waals surface area contributed by atoms with Crippen LogP contribution in [0.3, 0.4) is 0 Å². The summed E-state index contributed by atoms with van der Waals surface area (Å²) in [6.45, 7) is 3.62. The standard InChI is InChI=1S/C16H20N2O3/c1-13-4-6-14(7-5-13)20-11-12-21-15-3-2-9-18(10-8-17)16(15)19/h2-7,9H,8,10-12,17H2,1H3. The molecule has 0 saturated heterocycles. The average molecular weight is 288 g/mol. The van der Waals surface area contributed by atoms with Gasteiger partial charge in [0.1, 0.15) is 19.0 Å². The van der Waals surface area contributed by atoms with E-state index in [2.05, 4.69) is 0 Å². The van der Waals surface area contributed by atoms with Crippen LogP contribution in [-0.4, -0.2) is 24.3 Å². The first-order chi connectivity index (χ1) is 10.2. The van der Waals surface area contributed by atoms with Crippen molar-refractivity contribution in [3.8, 4) is 11.5 Å². The Bertz CT molecular complexity index is 620. The molecule has 0 amide bonds. The van der Waals surface area contributed by atoms with E-state index in [0.29, 0.717) is 32.1 Å². The maximum Gasteiger partial charge on any atom is 0.292 e. The van der Waals surface area contributed by atoms with E-state index in [1.807, 2.05) is 31.2 Å². The zero-order valence-electron chi connectivity index (χ0n) is 12.1. The largest absolute Gasteiger partial charge is 0.490 e. The number of nitrogens with zero attached hydrogens (tertiary/aromatic N) is 1. The predicted molar refractivity (Wildman–Crippen MR) is 81.9 cm³/mol. The van der Waals surface area contributed by atoms with Gasteiger partial charge in [-0.3, -0.25) is 4.79 Å². The van der Waals surface area contributed by atoms with Gasteiger partial charge in [0.05, 0.1) is 0 Å². The molecule has 0 aliphatic rings. The molecule has 0 unspecified atom stereocenters. The summed E-state index contributed by atoms with van der Waals surface area (Å²) in [5.74, 6) is 1.11. The van der Waals surface area contributed by atoms with Crippen LogP contribution in [0.25, 0.3) is 0 Å². The molecule has 2 N–H and O–H groups in total. The topological polar surface area (TPSA) is 66.5 Å². The summed E-state index contributed by atoms with van der Waals surface area (Å²) in [6.07, 6.45) is 1.70. The molecule has 1 aromatic heterocycles. The molecule has 0 fully saturated rings. The normalized spacial score (nSPS) is 10.4. The molecule has 5 heteroatoms. The van der Waals surface area contributed by atoms with E-state index in [1.165, 1.54) is 10.1 Å². The summed E-state index contributed by atoms with van der Waals surface area (Å²) in [6, 6.07) is 11.2. The fourth-order valence-corrected chi connectivity index (χ4v) is 1.89. The molecule has 0 radical (unpaired) electrons. The molecule has 0 saturated carbocycles. The van der Waals surface area contributed by atoms with Crippen molar-refractivity contribution in [1.82, 2.24) is 4.57 Å². The van der Waals surface area contributed by atoms with Gasteiger partial charge in [0.15, 0.2) is 5.75 Å². The molecule has 0 bridgehead atoms. The monoisotopic (exact) mass is 288 g/mol. The van der Waals surface area contributed by atoms with Crippen molar-refractivity contribution in [3.63, 3.8) is 0 Å². The number of benzene rings is 1. The van der Waals surface area contributed by atoms with Crippen LogP contribution in [0.4, 0.5) is 0 Å². The van der Waals surface area contributed by atoms with E-state index >= 15 is 0 Å². The molecular weight excluding hydrogens is 268 g/mol. The second-order valence-electron chi connectivity index (χ2n) is 4.67. The number of hydrogen-bond acceptors (Lipinski definition) is 4. The van der Waals surface area contributed by atoms with Crippen LogP contribution in [0.1, 0.15) is 5.56 Å². The maximum absolute atomic E-state index is 12.0. The molecule has 5 nitrogen and oxygen atoms in total. The van der Waals surface area contributed by atoms with Crippen molar-refractivity contribution in [2.45, 2.75) is 13.5 Å². The Morgan fingerprint density at radius 3 is 2.52 bits per heavy atom. The Labute approximate surface area is 123 Å². The number of rotatable bonds is 7. The minimum atomic E-state index is -0.168. The highest BCUT2D eigenvalue weighted by Gasteiger charge is 2.03. The highest BCUT2D eigenvalue weighted by atomic mass is 16.5. The van der Waals surface area contributed by atoms with Crippen molar-refractivity contribution in [2.24, 2.45) is 5.73 Å². The molecule has 21 heavy (non-hydrogen) atoms. The number of pyridine rings is 1. The van der Waals surface area contributed by atoms with Gasteiger partial charge in [0, 0.05) is 19.3 Å². The zero-order valence-corrected chi connectivity index (χ0v) is 12.1. The molecule has 1 heterocycles. The van der Waals surface area contributed by atoms with Crippen LogP contribution in [0, 0.1) is 6.92 Å². The summed E-state index contributed by atoms with van der Waals surface area (Å²) in [4.78, 5) is 12.0. The summed E-state index contributed by atoms with van der Waals surface area (Å²) < 4.78 is 12.6. The van der Waals surface area contributed by atoms with Crippen molar-refractivity contribution in [1.29, 1.82) is 0 Å². The SMILES string of the molecule is Cc1ccc(OCCOc2cccn(CCN)c2=O)cc1. The second kappa shape index (κ2) is 7.50. The summed E-state index contributed by atoms with van der Waals surface area (Å²) >= 11 is 0. The van der Waals surface area contributed by atoms with Gasteiger partial charge in [0.25, 0.3) is 5.56 Å². The quantitative estimate of drug-likeness (QED) is 0.785. The molecule has 0 spiro atoms. The van der Waals surface area contributed by atoms with Gasteiger partial charge in [-0.25, -0.2) is 0 Å². The van der Waals surface area contributed by atoms with E-state index in [0.717, 1.165) is 5.75 Å². The minimum absolute atomic E-state index is 0.168. The van der Waals surface area contributed by atoms with Gasteiger partial charge in [-0.15, -0.1) is 0 Å². The number of nitrogens with two attached hydrogens (primary N) is 1. The van der Waals surface area contributed by atoms with Crippen LogP contribution in [0.2, 0.25) is 0 Å². The van der Waals surface area contributed by atoms with Crippen LogP contribution in [0.5, 0.6) is 11.5 Å².